The number of carbonyl (C=O) groups is 2. The molecule has 0 saturated carbocycles. The van der Waals surface area contributed by atoms with Crippen LogP contribution < -0.4 is 0 Å². The molecule has 0 bridgehead atoms. The Bertz CT molecular complexity index is 398. The first kappa shape index (κ1) is 22.9. The van der Waals surface area contributed by atoms with Crippen LogP contribution in [0.4, 0.5) is 0 Å². The van der Waals surface area contributed by atoms with Gasteiger partial charge in [0.2, 0.25) is 11.8 Å². The molecule has 0 rings (SSSR count). The fourth-order valence-electron chi connectivity index (χ4n) is 1.95. The van der Waals surface area contributed by atoms with Crippen molar-refractivity contribution in [1.29, 1.82) is 0 Å². The summed E-state index contributed by atoms with van der Waals surface area (Å²) in [4.78, 5) is 27.4. The van der Waals surface area contributed by atoms with Gasteiger partial charge in [-0.3, -0.25) is 9.59 Å². The summed E-state index contributed by atoms with van der Waals surface area (Å²) >= 11 is 0. The first-order valence-electron chi connectivity index (χ1n) is 8.71. The molecule has 24 heavy (non-hydrogen) atoms. The van der Waals surface area contributed by atoms with Gasteiger partial charge in [-0.1, -0.05) is 0 Å². The summed E-state index contributed by atoms with van der Waals surface area (Å²) in [5.41, 5.74) is -0.800. The van der Waals surface area contributed by atoms with Gasteiger partial charge in [0.05, 0.1) is 11.2 Å². The third-order valence-electron chi connectivity index (χ3n) is 3.81. The quantitative estimate of drug-likeness (QED) is 0.610. The summed E-state index contributed by atoms with van der Waals surface area (Å²) < 4.78 is 11.3. The number of hydrogen-bond donors (Lipinski definition) is 0. The summed E-state index contributed by atoms with van der Waals surface area (Å²) in [7, 11) is 1.76. The highest BCUT2D eigenvalue weighted by atomic mass is 16.5. The minimum atomic E-state index is -0.470. The lowest BCUT2D eigenvalue weighted by Crippen LogP contribution is -2.40. The van der Waals surface area contributed by atoms with E-state index in [0.717, 1.165) is 0 Å². The Balaban J connectivity index is 4.26. The van der Waals surface area contributed by atoms with E-state index in [2.05, 4.69) is 0 Å². The van der Waals surface area contributed by atoms with E-state index in [1.54, 1.807) is 16.8 Å². The number of hydrogen-bond acceptors (Lipinski definition) is 4. The van der Waals surface area contributed by atoms with E-state index in [4.69, 9.17) is 9.47 Å². The minimum absolute atomic E-state index is 0.00363. The largest absolute Gasteiger partial charge is 0.366 e. The number of likely N-dealkylation sites (N-methyl/N-ethyl adjacent to an activating group) is 2. The van der Waals surface area contributed by atoms with Crippen LogP contribution in [0.1, 0.15) is 54.9 Å². The van der Waals surface area contributed by atoms with Crippen LogP contribution in [0.3, 0.4) is 0 Å². The van der Waals surface area contributed by atoms with Crippen LogP contribution in [0.25, 0.3) is 0 Å². The fraction of sp³-hybridized carbons (Fsp3) is 0.889. The molecule has 0 N–H and O–H groups in total. The Hall–Kier alpha value is -1.14. The molecule has 0 radical (unpaired) electrons. The van der Waals surface area contributed by atoms with Crippen molar-refractivity contribution in [2.75, 3.05) is 39.9 Å². The zero-order chi connectivity index (χ0) is 19.0. The van der Waals surface area contributed by atoms with E-state index < -0.39 is 5.60 Å². The van der Waals surface area contributed by atoms with Crippen LogP contribution >= 0.6 is 0 Å². The molecule has 0 aromatic heterocycles. The first-order chi connectivity index (χ1) is 10.9. The van der Waals surface area contributed by atoms with E-state index in [-0.39, 0.29) is 30.6 Å². The van der Waals surface area contributed by atoms with E-state index in [9.17, 15) is 9.59 Å². The molecule has 0 aliphatic heterocycles. The minimum Gasteiger partial charge on any atom is -0.366 e. The molecule has 0 unspecified atom stereocenters. The molecule has 0 aliphatic rings. The molecule has 0 spiro atoms. The maximum atomic E-state index is 12.0. The summed E-state index contributed by atoms with van der Waals surface area (Å²) in [6.45, 7) is 15.6. The van der Waals surface area contributed by atoms with Crippen molar-refractivity contribution in [3.05, 3.63) is 0 Å². The van der Waals surface area contributed by atoms with Crippen LogP contribution in [-0.4, -0.2) is 72.7 Å². The summed E-state index contributed by atoms with van der Waals surface area (Å²) in [6.07, 6.45) is 0.649. The Labute approximate surface area is 147 Å². The van der Waals surface area contributed by atoms with Gasteiger partial charge in [-0.05, 0) is 54.9 Å². The molecular formula is C18H36N2O4. The number of ether oxygens (including phenoxy) is 2. The zero-order valence-electron chi connectivity index (χ0n) is 16.8. The van der Waals surface area contributed by atoms with Gasteiger partial charge in [-0.15, -0.1) is 0 Å². The normalized spacial score (nSPS) is 12.2. The maximum Gasteiger partial charge on any atom is 0.248 e. The van der Waals surface area contributed by atoms with Gasteiger partial charge in [0.25, 0.3) is 0 Å². The molecule has 6 nitrogen and oxygen atoms in total. The lowest BCUT2D eigenvalue weighted by atomic mass is 10.0. The molecule has 0 aliphatic carbocycles. The van der Waals surface area contributed by atoms with Gasteiger partial charge in [0.15, 0.2) is 0 Å². The predicted molar refractivity (Wildman–Crippen MR) is 95.9 cm³/mol. The smallest absolute Gasteiger partial charge is 0.248 e. The van der Waals surface area contributed by atoms with Crippen molar-refractivity contribution in [2.45, 2.75) is 66.1 Å². The molecule has 142 valence electrons. The number of rotatable bonds is 10. The zero-order valence-corrected chi connectivity index (χ0v) is 16.8. The number of amides is 2. The highest BCUT2D eigenvalue weighted by molar-refractivity contribution is 5.77. The van der Waals surface area contributed by atoms with Gasteiger partial charge in [0.1, 0.15) is 13.2 Å². The second-order valence-corrected chi connectivity index (χ2v) is 7.58. The summed E-state index contributed by atoms with van der Waals surface area (Å²) in [5, 5.41) is 0. The van der Waals surface area contributed by atoms with Crippen LogP contribution in [0.15, 0.2) is 0 Å². The second-order valence-electron chi connectivity index (χ2n) is 7.58. The van der Waals surface area contributed by atoms with Crippen molar-refractivity contribution < 1.29 is 19.1 Å². The molecule has 0 aromatic rings. The highest BCUT2D eigenvalue weighted by Gasteiger charge is 2.23. The summed E-state index contributed by atoms with van der Waals surface area (Å²) in [6, 6.07) is 0. The Morgan fingerprint density at radius 3 is 1.83 bits per heavy atom. The van der Waals surface area contributed by atoms with Crippen molar-refractivity contribution in [3.63, 3.8) is 0 Å². The highest BCUT2D eigenvalue weighted by Crippen LogP contribution is 2.15. The van der Waals surface area contributed by atoms with E-state index in [1.165, 1.54) is 0 Å². The number of nitrogens with zero attached hydrogens (tertiary/aromatic N) is 2. The average Bonchev–Trinajstić information content (AvgIpc) is 2.49. The molecule has 0 saturated heterocycles. The summed E-state index contributed by atoms with van der Waals surface area (Å²) in [5.74, 6) is -0.0592. The van der Waals surface area contributed by atoms with Gasteiger partial charge in [0, 0.05) is 26.7 Å². The SMILES string of the molecule is CCN(CC)C(=O)COC(C)(C)CCN(C)C(=O)COC(C)(C)C. The van der Waals surface area contributed by atoms with Gasteiger partial charge >= 0.3 is 0 Å². The Kier molecular flexibility index (Phi) is 9.51. The molecule has 2 amide bonds. The lowest BCUT2D eigenvalue weighted by Gasteiger charge is -2.29. The molecule has 0 fully saturated rings. The topological polar surface area (TPSA) is 59.1 Å². The Morgan fingerprint density at radius 2 is 1.38 bits per heavy atom. The average molecular weight is 344 g/mol. The van der Waals surface area contributed by atoms with E-state index in [0.29, 0.717) is 26.1 Å². The molecule has 0 aromatic carbocycles. The van der Waals surface area contributed by atoms with Crippen LogP contribution in [0.2, 0.25) is 0 Å². The third-order valence-corrected chi connectivity index (χ3v) is 3.81. The van der Waals surface area contributed by atoms with Crippen LogP contribution in [-0.2, 0) is 19.1 Å². The maximum absolute atomic E-state index is 12.0. The monoisotopic (exact) mass is 344 g/mol. The predicted octanol–water partition coefficient (Wildman–Crippen LogP) is 2.31. The van der Waals surface area contributed by atoms with Crippen molar-refractivity contribution in [1.82, 2.24) is 9.80 Å². The molecule has 0 atom stereocenters. The second kappa shape index (κ2) is 9.99. The number of carbonyl (C=O) groups excluding carboxylic acids is 2. The fourth-order valence-corrected chi connectivity index (χ4v) is 1.95. The van der Waals surface area contributed by atoms with Crippen LogP contribution in [0, 0.1) is 0 Å². The standard InChI is InChI=1S/C18H36N2O4/c1-9-20(10-2)16(22)14-24-18(6,7)11-12-19(8)15(21)13-23-17(3,4)5/h9-14H2,1-8H3. The molecule has 6 heteroatoms. The Morgan fingerprint density at radius 1 is 0.875 bits per heavy atom. The van der Waals surface area contributed by atoms with E-state index >= 15 is 0 Å². The lowest BCUT2D eigenvalue weighted by molar-refractivity contribution is -0.144. The van der Waals surface area contributed by atoms with Crippen LogP contribution in [0.5, 0.6) is 0 Å². The first-order valence-corrected chi connectivity index (χ1v) is 8.71. The van der Waals surface area contributed by atoms with Gasteiger partial charge in [-0.25, -0.2) is 0 Å². The van der Waals surface area contributed by atoms with Crippen molar-refractivity contribution in [3.8, 4) is 0 Å². The molecular weight excluding hydrogens is 308 g/mol. The van der Waals surface area contributed by atoms with Gasteiger partial charge in [-0.2, -0.15) is 0 Å². The van der Waals surface area contributed by atoms with Crippen molar-refractivity contribution in [2.24, 2.45) is 0 Å². The van der Waals surface area contributed by atoms with E-state index in [1.807, 2.05) is 48.5 Å². The molecule has 0 heterocycles. The van der Waals surface area contributed by atoms with Crippen molar-refractivity contribution >= 4 is 11.8 Å². The van der Waals surface area contributed by atoms with Gasteiger partial charge < -0.3 is 19.3 Å². The third kappa shape index (κ3) is 9.88.